The molecule has 2 N–H and O–H groups in total. The third-order valence-electron chi connectivity index (χ3n) is 4.89. The third-order valence-corrected chi connectivity index (χ3v) is 4.89. The number of carbonyl (C=O) groups is 1. The lowest BCUT2D eigenvalue weighted by Crippen LogP contribution is -2.45. The fourth-order valence-electron chi connectivity index (χ4n) is 3.74. The maximum atomic E-state index is 12.3. The molecule has 0 aromatic heterocycles. The molecule has 1 heterocycles. The number of rotatable bonds is 7. The van der Waals surface area contributed by atoms with Gasteiger partial charge in [-0.2, -0.15) is 0 Å². The van der Waals surface area contributed by atoms with Crippen LogP contribution in [0.4, 0.5) is 0 Å². The summed E-state index contributed by atoms with van der Waals surface area (Å²) in [6.07, 6.45) is 11.4. The van der Waals surface area contributed by atoms with Crippen molar-refractivity contribution in [2.75, 3.05) is 26.2 Å². The van der Waals surface area contributed by atoms with Crippen LogP contribution < -0.4 is 10.6 Å². The predicted octanol–water partition coefficient (Wildman–Crippen LogP) is 3.13. The summed E-state index contributed by atoms with van der Waals surface area (Å²) >= 11 is 0. The van der Waals surface area contributed by atoms with E-state index in [1.165, 1.54) is 44.9 Å². The van der Waals surface area contributed by atoms with Gasteiger partial charge in [0.05, 0.1) is 6.04 Å². The van der Waals surface area contributed by atoms with Crippen molar-refractivity contribution in [3.63, 3.8) is 0 Å². The van der Waals surface area contributed by atoms with Crippen LogP contribution in [-0.4, -0.2) is 49.1 Å². The number of hydrogen-bond donors (Lipinski definition) is 2. The first-order valence-electron chi connectivity index (χ1n) is 9.06. The highest BCUT2D eigenvalue weighted by Gasteiger charge is 2.29. The molecule has 2 fully saturated rings. The summed E-state index contributed by atoms with van der Waals surface area (Å²) in [7, 11) is 0. The van der Waals surface area contributed by atoms with E-state index in [9.17, 15) is 4.79 Å². The second-order valence-electron chi connectivity index (χ2n) is 6.63. The Kier molecular flexibility index (Phi) is 13.3. The van der Waals surface area contributed by atoms with Gasteiger partial charge < -0.3 is 10.6 Å². The van der Waals surface area contributed by atoms with Crippen LogP contribution >= 0.6 is 24.8 Å². The van der Waals surface area contributed by atoms with Crippen LogP contribution in [0.15, 0.2) is 0 Å². The van der Waals surface area contributed by atoms with E-state index in [4.69, 9.17) is 0 Å². The Bertz CT molecular complexity index is 310. The molecule has 1 aliphatic carbocycles. The number of amides is 1. The third kappa shape index (κ3) is 8.06. The average molecular weight is 368 g/mol. The molecule has 0 aromatic rings. The van der Waals surface area contributed by atoms with Gasteiger partial charge in [-0.25, -0.2) is 0 Å². The lowest BCUT2D eigenvalue weighted by atomic mass is 10.1. The number of halogens is 2. The van der Waals surface area contributed by atoms with Crippen molar-refractivity contribution in [1.82, 2.24) is 15.5 Å². The standard InChI is InChI=1S/C17H33N3O.2ClH/c1-2-13-20-14-7-10-16(20)17(21)19-12-11-18-15-8-5-3-4-6-9-15;;/h15-16,18H,2-14H2,1H3,(H,19,21);2*1H. The Morgan fingerprint density at radius 3 is 2.35 bits per heavy atom. The maximum absolute atomic E-state index is 12.3. The Labute approximate surface area is 154 Å². The van der Waals surface area contributed by atoms with Gasteiger partial charge in [-0.3, -0.25) is 9.69 Å². The highest BCUT2D eigenvalue weighted by molar-refractivity contribution is 5.85. The molecule has 2 rings (SSSR count). The summed E-state index contributed by atoms with van der Waals surface area (Å²) in [6, 6.07) is 0.801. The van der Waals surface area contributed by atoms with Crippen molar-refractivity contribution in [2.45, 2.75) is 76.8 Å². The van der Waals surface area contributed by atoms with Crippen molar-refractivity contribution in [3.8, 4) is 0 Å². The molecular formula is C17H35Cl2N3O. The summed E-state index contributed by atoms with van der Waals surface area (Å²) in [6.45, 7) is 6.01. The van der Waals surface area contributed by atoms with E-state index < -0.39 is 0 Å². The molecule has 1 saturated heterocycles. The smallest absolute Gasteiger partial charge is 0.237 e. The van der Waals surface area contributed by atoms with Crippen molar-refractivity contribution < 1.29 is 4.79 Å². The predicted molar refractivity (Wildman–Crippen MR) is 102 cm³/mol. The van der Waals surface area contributed by atoms with Crippen LogP contribution in [0, 0.1) is 0 Å². The van der Waals surface area contributed by atoms with E-state index in [0.29, 0.717) is 6.04 Å². The van der Waals surface area contributed by atoms with Crippen molar-refractivity contribution in [3.05, 3.63) is 0 Å². The van der Waals surface area contributed by atoms with Crippen LogP contribution in [0.2, 0.25) is 0 Å². The monoisotopic (exact) mass is 367 g/mol. The number of nitrogens with one attached hydrogen (secondary N) is 2. The SMILES string of the molecule is CCCN1CCCC1C(=O)NCCNC1CCCCCC1.Cl.Cl. The summed E-state index contributed by atoms with van der Waals surface area (Å²) in [5.74, 6) is 0.239. The average Bonchev–Trinajstić information content (AvgIpc) is 2.79. The fraction of sp³-hybridized carbons (Fsp3) is 0.941. The summed E-state index contributed by atoms with van der Waals surface area (Å²) < 4.78 is 0. The Morgan fingerprint density at radius 2 is 1.70 bits per heavy atom. The molecule has 1 unspecified atom stereocenters. The van der Waals surface area contributed by atoms with Gasteiger partial charge in [0.1, 0.15) is 0 Å². The molecule has 23 heavy (non-hydrogen) atoms. The molecule has 6 heteroatoms. The number of nitrogens with zero attached hydrogens (tertiary/aromatic N) is 1. The van der Waals surface area contributed by atoms with E-state index in [-0.39, 0.29) is 36.8 Å². The highest BCUT2D eigenvalue weighted by atomic mass is 35.5. The largest absolute Gasteiger partial charge is 0.353 e. The highest BCUT2D eigenvalue weighted by Crippen LogP contribution is 2.18. The van der Waals surface area contributed by atoms with Crippen LogP contribution in [0.25, 0.3) is 0 Å². The molecule has 0 bridgehead atoms. The number of likely N-dealkylation sites (tertiary alicyclic amines) is 1. The molecule has 138 valence electrons. The van der Waals surface area contributed by atoms with Gasteiger partial charge in [-0.1, -0.05) is 32.6 Å². The van der Waals surface area contributed by atoms with E-state index in [0.717, 1.165) is 39.0 Å². The summed E-state index contributed by atoms with van der Waals surface area (Å²) in [5.41, 5.74) is 0. The number of hydrogen-bond acceptors (Lipinski definition) is 3. The maximum Gasteiger partial charge on any atom is 0.237 e. The molecule has 0 radical (unpaired) electrons. The minimum Gasteiger partial charge on any atom is -0.353 e. The molecule has 0 aromatic carbocycles. The van der Waals surface area contributed by atoms with Crippen LogP contribution in [0.3, 0.4) is 0 Å². The van der Waals surface area contributed by atoms with Gasteiger partial charge in [-0.15, -0.1) is 24.8 Å². The molecule has 1 atom stereocenters. The van der Waals surface area contributed by atoms with E-state index in [1.807, 2.05) is 0 Å². The Balaban J connectivity index is 0.00000242. The van der Waals surface area contributed by atoms with Gasteiger partial charge in [0.2, 0.25) is 5.91 Å². The van der Waals surface area contributed by atoms with Crippen LogP contribution in [-0.2, 0) is 4.79 Å². The lowest BCUT2D eigenvalue weighted by Gasteiger charge is -2.23. The summed E-state index contributed by atoms with van der Waals surface area (Å²) in [5, 5.41) is 6.74. The second-order valence-corrected chi connectivity index (χ2v) is 6.63. The first kappa shape index (κ1) is 23.0. The van der Waals surface area contributed by atoms with Crippen LogP contribution in [0.5, 0.6) is 0 Å². The topological polar surface area (TPSA) is 44.4 Å². The molecule has 1 saturated carbocycles. The van der Waals surface area contributed by atoms with E-state index in [1.54, 1.807) is 0 Å². The molecule has 1 aliphatic heterocycles. The molecule has 1 amide bonds. The quantitative estimate of drug-likeness (QED) is 0.536. The van der Waals surface area contributed by atoms with E-state index >= 15 is 0 Å². The first-order chi connectivity index (χ1) is 10.3. The van der Waals surface area contributed by atoms with Crippen LogP contribution in [0.1, 0.15) is 64.7 Å². The molecule has 0 spiro atoms. The normalized spacial score (nSPS) is 22.7. The van der Waals surface area contributed by atoms with Gasteiger partial charge in [0.15, 0.2) is 0 Å². The molecular weight excluding hydrogens is 333 g/mol. The minimum absolute atomic E-state index is 0. The van der Waals surface area contributed by atoms with Crippen molar-refractivity contribution in [2.24, 2.45) is 0 Å². The minimum atomic E-state index is 0. The lowest BCUT2D eigenvalue weighted by molar-refractivity contribution is -0.125. The van der Waals surface area contributed by atoms with Crippen molar-refractivity contribution >= 4 is 30.7 Å². The number of carbonyl (C=O) groups excluding carboxylic acids is 1. The zero-order chi connectivity index (χ0) is 14.9. The zero-order valence-electron chi connectivity index (χ0n) is 14.5. The Morgan fingerprint density at radius 1 is 1.00 bits per heavy atom. The van der Waals surface area contributed by atoms with Gasteiger partial charge in [-0.05, 0) is 45.2 Å². The van der Waals surface area contributed by atoms with Gasteiger partial charge in [0.25, 0.3) is 0 Å². The molecule has 2 aliphatic rings. The fourth-order valence-corrected chi connectivity index (χ4v) is 3.74. The van der Waals surface area contributed by atoms with Gasteiger partial charge in [0, 0.05) is 19.1 Å². The summed E-state index contributed by atoms with van der Waals surface area (Å²) in [4.78, 5) is 14.6. The van der Waals surface area contributed by atoms with Crippen molar-refractivity contribution in [1.29, 1.82) is 0 Å². The Hall–Kier alpha value is -0.0300. The van der Waals surface area contributed by atoms with Gasteiger partial charge >= 0.3 is 0 Å². The van der Waals surface area contributed by atoms with E-state index in [2.05, 4.69) is 22.5 Å². The first-order valence-corrected chi connectivity index (χ1v) is 9.06. The zero-order valence-corrected chi connectivity index (χ0v) is 16.2. The molecule has 4 nitrogen and oxygen atoms in total. The second kappa shape index (κ2) is 13.3.